The summed E-state index contributed by atoms with van der Waals surface area (Å²) in [4.78, 5) is 0. The fourth-order valence-corrected chi connectivity index (χ4v) is 2.25. The molecule has 0 amide bonds. The van der Waals surface area contributed by atoms with Crippen molar-refractivity contribution in [3.05, 3.63) is 23.8 Å². The van der Waals surface area contributed by atoms with E-state index in [9.17, 15) is 5.11 Å². The Hall–Kier alpha value is -1.26. The van der Waals surface area contributed by atoms with Crippen LogP contribution >= 0.6 is 0 Å². The third-order valence-electron chi connectivity index (χ3n) is 3.64. The van der Waals surface area contributed by atoms with E-state index in [1.807, 2.05) is 18.2 Å². The first-order chi connectivity index (χ1) is 10.2. The van der Waals surface area contributed by atoms with Gasteiger partial charge in [0.15, 0.2) is 11.5 Å². The molecule has 21 heavy (non-hydrogen) atoms. The molecule has 1 unspecified atom stereocenters. The maximum atomic E-state index is 10.2. The quantitative estimate of drug-likeness (QED) is 0.706. The second-order valence-corrected chi connectivity index (χ2v) is 5.92. The fourth-order valence-electron chi connectivity index (χ4n) is 2.25. The molecule has 4 nitrogen and oxygen atoms in total. The maximum Gasteiger partial charge on any atom is 0.231 e. The molecule has 118 valence electrons. The highest BCUT2D eigenvalue weighted by atomic mass is 16.7. The SMILES string of the molecule is CC(C)CCOCCCCC(O)c1ccc2c(c1)OCO2. The number of aliphatic hydroxyl groups excluding tert-OH is 1. The van der Waals surface area contributed by atoms with Crippen molar-refractivity contribution in [2.45, 2.75) is 45.6 Å². The van der Waals surface area contributed by atoms with Gasteiger partial charge < -0.3 is 19.3 Å². The van der Waals surface area contributed by atoms with E-state index in [0.717, 1.165) is 56.0 Å². The number of hydrogen-bond acceptors (Lipinski definition) is 4. The number of aliphatic hydroxyl groups is 1. The number of hydrogen-bond donors (Lipinski definition) is 1. The maximum absolute atomic E-state index is 10.2. The van der Waals surface area contributed by atoms with Crippen LogP contribution < -0.4 is 9.47 Å². The van der Waals surface area contributed by atoms with E-state index in [0.29, 0.717) is 5.92 Å². The van der Waals surface area contributed by atoms with E-state index < -0.39 is 6.10 Å². The molecule has 1 aromatic carbocycles. The van der Waals surface area contributed by atoms with Crippen molar-refractivity contribution < 1.29 is 19.3 Å². The number of ether oxygens (including phenoxy) is 3. The molecular weight excluding hydrogens is 268 g/mol. The number of benzene rings is 1. The molecule has 0 aliphatic carbocycles. The minimum Gasteiger partial charge on any atom is -0.454 e. The molecule has 1 atom stereocenters. The third-order valence-corrected chi connectivity index (χ3v) is 3.64. The summed E-state index contributed by atoms with van der Waals surface area (Å²) in [5, 5.41) is 10.2. The van der Waals surface area contributed by atoms with Crippen molar-refractivity contribution in [1.82, 2.24) is 0 Å². The third kappa shape index (κ3) is 5.21. The normalized spacial score (nSPS) is 14.7. The second kappa shape index (κ2) is 8.25. The molecule has 0 saturated carbocycles. The van der Waals surface area contributed by atoms with Gasteiger partial charge in [-0.05, 0) is 49.3 Å². The Morgan fingerprint density at radius 1 is 1.10 bits per heavy atom. The fraction of sp³-hybridized carbons (Fsp3) is 0.647. The first kappa shape index (κ1) is 16.1. The lowest BCUT2D eigenvalue weighted by Crippen LogP contribution is -2.02. The Balaban J connectivity index is 1.62. The molecule has 1 heterocycles. The van der Waals surface area contributed by atoms with Crippen LogP contribution in [0, 0.1) is 5.92 Å². The molecule has 0 aromatic heterocycles. The van der Waals surface area contributed by atoms with Crippen molar-refractivity contribution in [2.24, 2.45) is 5.92 Å². The highest BCUT2D eigenvalue weighted by molar-refractivity contribution is 5.45. The van der Waals surface area contributed by atoms with Crippen molar-refractivity contribution in [1.29, 1.82) is 0 Å². The van der Waals surface area contributed by atoms with E-state index in [2.05, 4.69) is 13.8 Å². The summed E-state index contributed by atoms with van der Waals surface area (Å²) >= 11 is 0. The van der Waals surface area contributed by atoms with Crippen molar-refractivity contribution in [2.75, 3.05) is 20.0 Å². The molecular formula is C17H26O4. The van der Waals surface area contributed by atoms with Crippen LogP contribution in [-0.4, -0.2) is 25.1 Å². The van der Waals surface area contributed by atoms with Gasteiger partial charge in [-0.1, -0.05) is 19.9 Å². The minimum atomic E-state index is -0.449. The van der Waals surface area contributed by atoms with Gasteiger partial charge in [-0.3, -0.25) is 0 Å². The van der Waals surface area contributed by atoms with Crippen LogP contribution in [0.1, 0.15) is 51.2 Å². The Morgan fingerprint density at radius 2 is 1.90 bits per heavy atom. The lowest BCUT2D eigenvalue weighted by molar-refractivity contribution is 0.112. The van der Waals surface area contributed by atoms with Crippen molar-refractivity contribution in [3.63, 3.8) is 0 Å². The highest BCUT2D eigenvalue weighted by Gasteiger charge is 2.16. The molecule has 2 rings (SSSR count). The van der Waals surface area contributed by atoms with Gasteiger partial charge in [-0.15, -0.1) is 0 Å². The molecule has 1 aliphatic rings. The van der Waals surface area contributed by atoms with Gasteiger partial charge in [0.2, 0.25) is 6.79 Å². The zero-order chi connectivity index (χ0) is 15.1. The van der Waals surface area contributed by atoms with E-state index in [4.69, 9.17) is 14.2 Å². The van der Waals surface area contributed by atoms with Gasteiger partial charge >= 0.3 is 0 Å². The van der Waals surface area contributed by atoms with Crippen molar-refractivity contribution in [3.8, 4) is 11.5 Å². The van der Waals surface area contributed by atoms with Gasteiger partial charge in [0.05, 0.1) is 6.10 Å². The lowest BCUT2D eigenvalue weighted by Gasteiger charge is -2.12. The average molecular weight is 294 g/mol. The van der Waals surface area contributed by atoms with Crippen molar-refractivity contribution >= 4 is 0 Å². The van der Waals surface area contributed by atoms with E-state index in [1.54, 1.807) is 0 Å². The molecule has 0 bridgehead atoms. The molecule has 0 radical (unpaired) electrons. The average Bonchev–Trinajstić information content (AvgIpc) is 2.93. The summed E-state index contributed by atoms with van der Waals surface area (Å²) in [6.45, 7) is 6.28. The van der Waals surface area contributed by atoms with Crippen LogP contribution in [0.3, 0.4) is 0 Å². The Kier molecular flexibility index (Phi) is 6.33. The molecule has 1 N–H and O–H groups in total. The molecule has 0 fully saturated rings. The molecule has 4 heteroatoms. The van der Waals surface area contributed by atoms with Gasteiger partial charge in [0.25, 0.3) is 0 Å². The highest BCUT2D eigenvalue weighted by Crippen LogP contribution is 2.35. The van der Waals surface area contributed by atoms with Gasteiger partial charge in [-0.25, -0.2) is 0 Å². The van der Waals surface area contributed by atoms with Crippen LogP contribution in [0.2, 0.25) is 0 Å². The summed E-state index contributed by atoms with van der Waals surface area (Å²) in [6.07, 6.45) is 3.35. The molecule has 1 aromatic rings. The van der Waals surface area contributed by atoms with Gasteiger partial charge in [0.1, 0.15) is 0 Å². The summed E-state index contributed by atoms with van der Waals surface area (Å²) in [7, 11) is 0. The molecule has 1 aliphatic heterocycles. The second-order valence-electron chi connectivity index (χ2n) is 5.92. The summed E-state index contributed by atoms with van der Waals surface area (Å²) in [5.41, 5.74) is 0.889. The zero-order valence-corrected chi connectivity index (χ0v) is 13.0. The predicted molar refractivity (Wildman–Crippen MR) is 81.6 cm³/mol. The topological polar surface area (TPSA) is 47.9 Å². The van der Waals surface area contributed by atoms with Crippen LogP contribution in [0.4, 0.5) is 0 Å². The van der Waals surface area contributed by atoms with Crippen LogP contribution in [-0.2, 0) is 4.74 Å². The monoisotopic (exact) mass is 294 g/mol. The summed E-state index contributed by atoms with van der Waals surface area (Å²) < 4.78 is 16.2. The number of unbranched alkanes of at least 4 members (excludes halogenated alkanes) is 1. The molecule has 0 spiro atoms. The molecule has 0 saturated heterocycles. The summed E-state index contributed by atoms with van der Waals surface area (Å²) in [5.74, 6) is 2.17. The zero-order valence-electron chi connectivity index (χ0n) is 13.0. The van der Waals surface area contributed by atoms with Crippen LogP contribution in [0.15, 0.2) is 18.2 Å². The number of rotatable bonds is 9. The largest absolute Gasteiger partial charge is 0.454 e. The Labute approximate surface area is 127 Å². The Bertz CT molecular complexity index is 431. The van der Waals surface area contributed by atoms with Gasteiger partial charge in [-0.2, -0.15) is 0 Å². The smallest absolute Gasteiger partial charge is 0.231 e. The van der Waals surface area contributed by atoms with Crippen LogP contribution in [0.25, 0.3) is 0 Å². The minimum absolute atomic E-state index is 0.266. The standard InChI is InChI=1S/C17H26O4/c1-13(2)8-10-19-9-4-3-5-15(18)14-6-7-16-17(11-14)21-12-20-16/h6-7,11,13,15,18H,3-5,8-10,12H2,1-2H3. The first-order valence-corrected chi connectivity index (χ1v) is 7.82. The van der Waals surface area contributed by atoms with E-state index >= 15 is 0 Å². The van der Waals surface area contributed by atoms with E-state index in [-0.39, 0.29) is 6.79 Å². The first-order valence-electron chi connectivity index (χ1n) is 7.82. The summed E-state index contributed by atoms with van der Waals surface area (Å²) in [6, 6.07) is 5.62. The number of fused-ring (bicyclic) bond motifs is 1. The van der Waals surface area contributed by atoms with Crippen LogP contribution in [0.5, 0.6) is 11.5 Å². The predicted octanol–water partition coefficient (Wildman–Crippen LogP) is 3.68. The Morgan fingerprint density at radius 3 is 2.71 bits per heavy atom. The lowest BCUT2D eigenvalue weighted by atomic mass is 10.0. The van der Waals surface area contributed by atoms with Gasteiger partial charge in [0, 0.05) is 13.2 Å². The van der Waals surface area contributed by atoms with E-state index in [1.165, 1.54) is 0 Å².